The van der Waals surface area contributed by atoms with Gasteiger partial charge in [0, 0.05) is 17.6 Å². The molecule has 0 heterocycles. The van der Waals surface area contributed by atoms with E-state index in [1.165, 1.54) is 0 Å². The van der Waals surface area contributed by atoms with Gasteiger partial charge < -0.3 is 5.11 Å². The van der Waals surface area contributed by atoms with Crippen molar-refractivity contribution in [3.8, 4) is 0 Å². The number of carbonyl (C=O) groups is 1. The van der Waals surface area contributed by atoms with Gasteiger partial charge in [0.2, 0.25) is 9.05 Å². The smallest absolute Gasteiger partial charge is 0.300 e. The van der Waals surface area contributed by atoms with E-state index in [2.05, 4.69) is 10.7 Å². The quantitative estimate of drug-likeness (QED) is 0.536. The molecule has 1 N–H and O–H groups in total. The van der Waals surface area contributed by atoms with Crippen molar-refractivity contribution >= 4 is 25.7 Å². The van der Waals surface area contributed by atoms with Crippen molar-refractivity contribution in [3.63, 3.8) is 0 Å². The molecule has 0 fully saturated rings. The van der Waals surface area contributed by atoms with Gasteiger partial charge in [-0.2, -0.15) is 0 Å². The summed E-state index contributed by atoms with van der Waals surface area (Å²) in [4.78, 5) is 9.00. The Balaban J connectivity index is 0. The van der Waals surface area contributed by atoms with Gasteiger partial charge >= 0.3 is 0 Å². The van der Waals surface area contributed by atoms with Crippen molar-refractivity contribution in [1.29, 1.82) is 0 Å². The van der Waals surface area contributed by atoms with Crippen molar-refractivity contribution in [1.82, 2.24) is 0 Å². The van der Waals surface area contributed by atoms with Crippen LogP contribution in [0.15, 0.2) is 0 Å². The average molecular weight is 175 g/mol. The standard InChI is InChI=1S/C2H4O2.CH3ClO2S/c1-2(3)4;1-5(2,3)4/h1H3,(H,3,4);1H3. The molecule has 0 unspecified atom stereocenters. The molecule has 0 aromatic heterocycles. The molecule has 0 aromatic rings. The van der Waals surface area contributed by atoms with E-state index in [9.17, 15) is 8.42 Å². The molecule has 0 aliphatic rings. The number of halogens is 1. The van der Waals surface area contributed by atoms with Crippen LogP contribution in [0, 0.1) is 0 Å². The first-order valence-corrected chi connectivity index (χ1v) is 4.54. The van der Waals surface area contributed by atoms with E-state index in [-0.39, 0.29) is 0 Å². The maximum absolute atomic E-state index is 9.40. The summed E-state index contributed by atoms with van der Waals surface area (Å²) in [7, 11) is 1.31. The number of hydrogen-bond donors (Lipinski definition) is 1. The van der Waals surface area contributed by atoms with E-state index in [4.69, 9.17) is 9.90 Å². The monoisotopic (exact) mass is 174 g/mol. The summed E-state index contributed by atoms with van der Waals surface area (Å²) in [5, 5.41) is 7.42. The van der Waals surface area contributed by atoms with Gasteiger partial charge in [-0.05, 0) is 0 Å². The minimum absolute atomic E-state index is 0.833. The summed E-state index contributed by atoms with van der Waals surface area (Å²) in [5.41, 5.74) is 0. The van der Waals surface area contributed by atoms with Crippen LogP contribution in [0.25, 0.3) is 0 Å². The summed E-state index contributed by atoms with van der Waals surface area (Å²) in [6.07, 6.45) is 0.925. The lowest BCUT2D eigenvalue weighted by Gasteiger charge is -1.65. The third-order valence-electron chi connectivity index (χ3n) is 0. The largest absolute Gasteiger partial charge is 0.481 e. The van der Waals surface area contributed by atoms with Crippen molar-refractivity contribution in [2.75, 3.05) is 6.26 Å². The first-order valence-electron chi connectivity index (χ1n) is 1.82. The van der Waals surface area contributed by atoms with E-state index in [1.54, 1.807) is 0 Å². The maximum Gasteiger partial charge on any atom is 0.300 e. The molecular formula is C3H7ClO4S. The van der Waals surface area contributed by atoms with Gasteiger partial charge in [-0.1, -0.05) is 0 Å². The van der Waals surface area contributed by atoms with Crippen LogP contribution in [0.1, 0.15) is 6.92 Å². The Kier molecular flexibility index (Phi) is 5.85. The van der Waals surface area contributed by atoms with Gasteiger partial charge in [0.25, 0.3) is 5.97 Å². The third-order valence-corrected chi connectivity index (χ3v) is 0. The summed E-state index contributed by atoms with van der Waals surface area (Å²) in [6.45, 7) is 1.08. The number of hydrogen-bond acceptors (Lipinski definition) is 3. The van der Waals surface area contributed by atoms with Crippen LogP contribution >= 0.6 is 10.7 Å². The maximum atomic E-state index is 9.40. The molecule has 0 aliphatic carbocycles. The van der Waals surface area contributed by atoms with Crippen LogP contribution in [0.5, 0.6) is 0 Å². The lowest BCUT2D eigenvalue weighted by atomic mass is 10.9. The van der Waals surface area contributed by atoms with Gasteiger partial charge in [0.1, 0.15) is 0 Å². The number of rotatable bonds is 0. The van der Waals surface area contributed by atoms with E-state index >= 15 is 0 Å². The lowest BCUT2D eigenvalue weighted by molar-refractivity contribution is -0.134. The minimum atomic E-state index is -3.19. The Hall–Kier alpha value is -0.290. The van der Waals surface area contributed by atoms with Crippen molar-refractivity contribution in [2.24, 2.45) is 0 Å². The Morgan fingerprint density at radius 1 is 1.56 bits per heavy atom. The van der Waals surface area contributed by atoms with Crippen LogP contribution in [0.3, 0.4) is 0 Å². The zero-order valence-electron chi connectivity index (χ0n) is 4.96. The Bertz CT molecular complexity index is 158. The highest BCUT2D eigenvalue weighted by Gasteiger charge is 1.83. The van der Waals surface area contributed by atoms with Gasteiger partial charge in [-0.15, -0.1) is 0 Å². The first kappa shape index (κ1) is 11.5. The second kappa shape index (κ2) is 4.58. The molecule has 6 heteroatoms. The van der Waals surface area contributed by atoms with E-state index < -0.39 is 15.0 Å². The van der Waals surface area contributed by atoms with Gasteiger partial charge in [0.05, 0.1) is 6.26 Å². The third kappa shape index (κ3) is 2990. The lowest BCUT2D eigenvalue weighted by Crippen LogP contribution is -1.78. The SMILES string of the molecule is CC(=O)O.CS(=O)(=O)Cl. The van der Waals surface area contributed by atoms with Gasteiger partial charge in [-0.25, -0.2) is 8.42 Å². The molecule has 56 valence electrons. The predicted octanol–water partition coefficient (Wildman–Crippen LogP) is 0.276. The fourth-order valence-corrected chi connectivity index (χ4v) is 0. The van der Waals surface area contributed by atoms with Crippen LogP contribution in [0.4, 0.5) is 0 Å². The fraction of sp³-hybridized carbons (Fsp3) is 0.667. The topological polar surface area (TPSA) is 71.4 Å². The van der Waals surface area contributed by atoms with Crippen LogP contribution in [-0.2, 0) is 13.8 Å². The summed E-state index contributed by atoms with van der Waals surface area (Å²) < 4.78 is 18.8. The van der Waals surface area contributed by atoms with Crippen LogP contribution in [-0.4, -0.2) is 25.7 Å². The van der Waals surface area contributed by atoms with Crippen LogP contribution < -0.4 is 0 Å². The van der Waals surface area contributed by atoms with Crippen LogP contribution in [0.2, 0.25) is 0 Å². The Morgan fingerprint density at radius 3 is 1.56 bits per heavy atom. The molecule has 0 atom stereocenters. The van der Waals surface area contributed by atoms with E-state index in [1.807, 2.05) is 0 Å². The normalized spacial score (nSPS) is 9.22. The molecule has 0 spiro atoms. The Morgan fingerprint density at radius 2 is 1.56 bits per heavy atom. The molecule has 0 rings (SSSR count). The Labute approximate surface area is 57.9 Å². The minimum Gasteiger partial charge on any atom is -0.481 e. The molecule has 0 aromatic carbocycles. The molecule has 0 saturated carbocycles. The summed E-state index contributed by atoms with van der Waals surface area (Å²) >= 11 is 0. The van der Waals surface area contributed by atoms with E-state index in [0.717, 1.165) is 13.2 Å². The fourth-order valence-electron chi connectivity index (χ4n) is 0. The van der Waals surface area contributed by atoms with Gasteiger partial charge in [-0.3, -0.25) is 4.79 Å². The zero-order chi connectivity index (χ0) is 8.08. The molecule has 0 saturated heterocycles. The molecular weight excluding hydrogens is 168 g/mol. The highest BCUT2D eigenvalue weighted by Crippen LogP contribution is 1.83. The molecule has 0 bridgehead atoms. The second-order valence-corrected chi connectivity index (χ2v) is 4.25. The highest BCUT2D eigenvalue weighted by atomic mass is 35.7. The van der Waals surface area contributed by atoms with Crippen molar-refractivity contribution in [2.45, 2.75) is 6.92 Å². The number of carboxylic acids is 1. The highest BCUT2D eigenvalue weighted by molar-refractivity contribution is 8.13. The van der Waals surface area contributed by atoms with Gasteiger partial charge in [0.15, 0.2) is 0 Å². The predicted molar refractivity (Wildman–Crippen MR) is 34.0 cm³/mol. The second-order valence-electron chi connectivity index (χ2n) is 1.20. The van der Waals surface area contributed by atoms with Crippen molar-refractivity contribution in [3.05, 3.63) is 0 Å². The van der Waals surface area contributed by atoms with Crippen molar-refractivity contribution < 1.29 is 18.3 Å². The first-order chi connectivity index (χ1) is 3.73. The molecule has 9 heavy (non-hydrogen) atoms. The molecule has 0 amide bonds. The molecule has 4 nitrogen and oxygen atoms in total. The zero-order valence-corrected chi connectivity index (χ0v) is 6.53. The number of carboxylic acid groups (broad SMARTS) is 1. The average Bonchev–Trinajstić information content (AvgIpc) is 1.19. The number of aliphatic carboxylic acids is 1. The summed E-state index contributed by atoms with van der Waals surface area (Å²) in [6, 6.07) is 0. The molecule has 0 radical (unpaired) electrons. The molecule has 0 aliphatic heterocycles. The van der Waals surface area contributed by atoms with E-state index in [0.29, 0.717) is 0 Å². The summed E-state index contributed by atoms with van der Waals surface area (Å²) in [5.74, 6) is -0.833.